The van der Waals surface area contributed by atoms with Gasteiger partial charge in [0.05, 0.1) is 13.5 Å². The zero-order valence-electron chi connectivity index (χ0n) is 10.2. The first-order valence-electron chi connectivity index (χ1n) is 5.14. The van der Waals surface area contributed by atoms with E-state index in [0.717, 1.165) is 13.2 Å². The van der Waals surface area contributed by atoms with Crippen LogP contribution in [-0.2, 0) is 10.2 Å². The number of benzene rings is 1. The first-order valence-corrected chi connectivity index (χ1v) is 5.14. The normalized spacial score (nSPS) is 11.4. The maximum Gasteiger partial charge on any atom is 0.304 e. The number of hydrogen-bond donors (Lipinski definition) is 1. The van der Waals surface area contributed by atoms with Gasteiger partial charge in [0.1, 0.15) is 0 Å². The zero-order valence-corrected chi connectivity index (χ0v) is 10.2. The molecule has 3 nitrogen and oxygen atoms in total. The second-order valence-electron chi connectivity index (χ2n) is 4.52. The van der Waals surface area contributed by atoms with Crippen molar-refractivity contribution in [2.45, 2.75) is 25.7 Å². The number of methoxy groups -OCH3 is 1. The number of aliphatic carboxylic acids is 1. The van der Waals surface area contributed by atoms with Crippen LogP contribution in [0.2, 0.25) is 0 Å². The third-order valence-electron chi connectivity index (χ3n) is 2.64. The molecule has 100 valence electrons. The molecular formula is C12H13F3O3. The van der Waals surface area contributed by atoms with Crippen LogP contribution >= 0.6 is 0 Å². The summed E-state index contributed by atoms with van der Waals surface area (Å²) >= 11 is 0. The van der Waals surface area contributed by atoms with Gasteiger partial charge in [-0.15, -0.1) is 0 Å². The molecule has 0 radical (unpaired) electrons. The van der Waals surface area contributed by atoms with Crippen molar-refractivity contribution in [2.24, 2.45) is 0 Å². The average Bonchev–Trinajstić information content (AvgIpc) is 2.23. The molecule has 18 heavy (non-hydrogen) atoms. The summed E-state index contributed by atoms with van der Waals surface area (Å²) in [6, 6.07) is 0.764. The second-order valence-corrected chi connectivity index (χ2v) is 4.52. The van der Waals surface area contributed by atoms with E-state index in [4.69, 9.17) is 9.84 Å². The minimum Gasteiger partial charge on any atom is -0.493 e. The number of halogens is 3. The van der Waals surface area contributed by atoms with Crippen LogP contribution in [0.5, 0.6) is 5.75 Å². The molecule has 0 saturated carbocycles. The van der Waals surface area contributed by atoms with E-state index in [0.29, 0.717) is 0 Å². The van der Waals surface area contributed by atoms with Gasteiger partial charge >= 0.3 is 5.97 Å². The monoisotopic (exact) mass is 262 g/mol. The Morgan fingerprint density at radius 3 is 2.33 bits per heavy atom. The van der Waals surface area contributed by atoms with E-state index < -0.39 is 34.6 Å². The van der Waals surface area contributed by atoms with Gasteiger partial charge in [-0.25, -0.2) is 8.78 Å². The number of ether oxygens (including phenoxy) is 1. The molecule has 0 aliphatic rings. The summed E-state index contributed by atoms with van der Waals surface area (Å²) in [5.41, 5.74) is -1.11. The van der Waals surface area contributed by atoms with Gasteiger partial charge in [-0.05, 0) is 6.07 Å². The summed E-state index contributed by atoms with van der Waals surface area (Å²) in [7, 11) is 1.11. The molecule has 1 rings (SSSR count). The Labute approximate surface area is 102 Å². The molecule has 0 heterocycles. The molecule has 0 aliphatic heterocycles. The van der Waals surface area contributed by atoms with Gasteiger partial charge in [-0.2, -0.15) is 4.39 Å². The van der Waals surface area contributed by atoms with Gasteiger partial charge < -0.3 is 9.84 Å². The lowest BCUT2D eigenvalue weighted by atomic mass is 9.81. The Morgan fingerprint density at radius 1 is 1.33 bits per heavy atom. The standard InChI is InChI=1S/C12H13F3O3/c1-12(2,5-8(16)17)6-4-7(13)9(14)10(15)11(6)18-3/h4H,5H2,1-3H3,(H,16,17). The molecule has 0 aliphatic carbocycles. The highest BCUT2D eigenvalue weighted by Gasteiger charge is 2.31. The van der Waals surface area contributed by atoms with Crippen molar-refractivity contribution >= 4 is 5.97 Å². The topological polar surface area (TPSA) is 46.5 Å². The number of hydrogen-bond acceptors (Lipinski definition) is 2. The predicted molar refractivity (Wildman–Crippen MR) is 58.1 cm³/mol. The Balaban J connectivity index is 3.44. The molecule has 0 unspecified atom stereocenters. The summed E-state index contributed by atoms with van der Waals surface area (Å²) in [6.07, 6.45) is -0.367. The van der Waals surface area contributed by atoms with E-state index in [9.17, 15) is 18.0 Å². The van der Waals surface area contributed by atoms with Crippen molar-refractivity contribution in [1.82, 2.24) is 0 Å². The Hall–Kier alpha value is -1.72. The van der Waals surface area contributed by atoms with Gasteiger partial charge in [0.2, 0.25) is 5.82 Å². The maximum absolute atomic E-state index is 13.5. The molecule has 1 N–H and O–H groups in total. The first kappa shape index (κ1) is 14.3. The fourth-order valence-electron chi connectivity index (χ4n) is 1.75. The summed E-state index contributed by atoms with van der Waals surface area (Å²) in [6.45, 7) is 2.96. The van der Waals surface area contributed by atoms with Gasteiger partial charge in [0, 0.05) is 11.0 Å². The molecule has 0 saturated heterocycles. The molecular weight excluding hydrogens is 249 g/mol. The van der Waals surface area contributed by atoms with Crippen molar-refractivity contribution in [3.63, 3.8) is 0 Å². The van der Waals surface area contributed by atoms with Crippen LogP contribution in [0.4, 0.5) is 13.2 Å². The van der Waals surface area contributed by atoms with E-state index in [1.165, 1.54) is 13.8 Å². The summed E-state index contributed by atoms with van der Waals surface area (Å²) in [5.74, 6) is -6.07. The zero-order chi connectivity index (χ0) is 14.1. The molecule has 0 amide bonds. The second kappa shape index (κ2) is 4.88. The highest BCUT2D eigenvalue weighted by molar-refractivity contribution is 5.69. The molecule has 1 aromatic carbocycles. The smallest absolute Gasteiger partial charge is 0.304 e. The lowest BCUT2D eigenvalue weighted by Crippen LogP contribution is -2.23. The molecule has 0 fully saturated rings. The quantitative estimate of drug-likeness (QED) is 0.849. The fourth-order valence-corrected chi connectivity index (χ4v) is 1.75. The van der Waals surface area contributed by atoms with E-state index in [1.807, 2.05) is 0 Å². The Morgan fingerprint density at radius 2 is 1.89 bits per heavy atom. The van der Waals surface area contributed by atoms with E-state index in [2.05, 4.69) is 0 Å². The van der Waals surface area contributed by atoms with Crippen molar-refractivity contribution in [2.75, 3.05) is 7.11 Å². The third kappa shape index (κ3) is 2.57. The van der Waals surface area contributed by atoms with E-state index in [-0.39, 0.29) is 12.0 Å². The minimum absolute atomic E-state index is 0.0243. The van der Waals surface area contributed by atoms with Gasteiger partial charge in [-0.1, -0.05) is 13.8 Å². The minimum atomic E-state index is -1.64. The fraction of sp³-hybridized carbons (Fsp3) is 0.417. The molecule has 1 aromatic rings. The van der Waals surface area contributed by atoms with Crippen LogP contribution in [-0.4, -0.2) is 18.2 Å². The Kier molecular flexibility index (Phi) is 3.88. The number of carboxylic acids is 1. The predicted octanol–water partition coefficient (Wildman–Crippen LogP) is 2.86. The largest absolute Gasteiger partial charge is 0.493 e. The summed E-state index contributed by atoms with van der Waals surface area (Å²) < 4.78 is 44.5. The molecule has 0 atom stereocenters. The number of rotatable bonds is 4. The lowest BCUT2D eigenvalue weighted by molar-refractivity contribution is -0.138. The molecule has 6 heteroatoms. The van der Waals surface area contributed by atoms with Crippen LogP contribution < -0.4 is 4.74 Å². The van der Waals surface area contributed by atoms with Crippen LogP contribution in [0.15, 0.2) is 6.07 Å². The van der Waals surface area contributed by atoms with Crippen LogP contribution in [0.3, 0.4) is 0 Å². The van der Waals surface area contributed by atoms with Crippen LogP contribution in [0.1, 0.15) is 25.8 Å². The maximum atomic E-state index is 13.5. The van der Waals surface area contributed by atoms with Crippen molar-refractivity contribution in [3.8, 4) is 5.75 Å². The number of carbonyl (C=O) groups is 1. The van der Waals surface area contributed by atoms with Crippen molar-refractivity contribution in [3.05, 3.63) is 29.1 Å². The van der Waals surface area contributed by atoms with Crippen molar-refractivity contribution in [1.29, 1.82) is 0 Å². The van der Waals surface area contributed by atoms with E-state index >= 15 is 0 Å². The molecule has 0 aromatic heterocycles. The van der Waals surface area contributed by atoms with Gasteiger partial charge in [-0.3, -0.25) is 4.79 Å². The molecule has 0 bridgehead atoms. The Bertz CT molecular complexity index is 484. The summed E-state index contributed by atoms with van der Waals surface area (Å²) in [5, 5.41) is 8.76. The molecule has 0 spiro atoms. The summed E-state index contributed by atoms with van der Waals surface area (Å²) in [4.78, 5) is 10.7. The number of carboxylic acid groups (broad SMARTS) is 1. The highest BCUT2D eigenvalue weighted by atomic mass is 19.2. The first-order chi connectivity index (χ1) is 8.20. The van der Waals surface area contributed by atoms with E-state index in [1.54, 1.807) is 0 Å². The van der Waals surface area contributed by atoms with Crippen LogP contribution in [0, 0.1) is 17.5 Å². The third-order valence-corrected chi connectivity index (χ3v) is 2.64. The lowest BCUT2D eigenvalue weighted by Gasteiger charge is -2.25. The van der Waals surface area contributed by atoms with Crippen molar-refractivity contribution < 1.29 is 27.8 Å². The SMILES string of the molecule is COc1c(C(C)(C)CC(=O)O)cc(F)c(F)c1F. The van der Waals surface area contributed by atoms with Crippen LogP contribution in [0.25, 0.3) is 0 Å². The average molecular weight is 262 g/mol. The highest BCUT2D eigenvalue weighted by Crippen LogP contribution is 2.37. The van der Waals surface area contributed by atoms with Gasteiger partial charge in [0.15, 0.2) is 17.4 Å². The van der Waals surface area contributed by atoms with Gasteiger partial charge in [0.25, 0.3) is 0 Å².